The van der Waals surface area contributed by atoms with Crippen molar-refractivity contribution in [2.24, 2.45) is 5.84 Å². The van der Waals surface area contributed by atoms with Gasteiger partial charge in [0.25, 0.3) is 0 Å². The van der Waals surface area contributed by atoms with Crippen LogP contribution in [-0.4, -0.2) is 54.2 Å². The number of rotatable bonds is 7. The third-order valence-electron chi connectivity index (χ3n) is 3.67. The first-order valence-electron chi connectivity index (χ1n) is 7.79. The third-order valence-corrected chi connectivity index (χ3v) is 5.66. The normalized spacial score (nSPS) is 16.7. The quantitative estimate of drug-likeness (QED) is 0.333. The Balaban J connectivity index is 2.72. The maximum atomic E-state index is 12.5. The zero-order chi connectivity index (χ0) is 15.9. The minimum absolute atomic E-state index is 0.0964. The van der Waals surface area contributed by atoms with Crippen LogP contribution in [0.4, 0.5) is 4.79 Å². The largest absolute Gasteiger partial charge is 0.348 e. The van der Waals surface area contributed by atoms with Crippen molar-refractivity contribution in [3.8, 4) is 0 Å². The van der Waals surface area contributed by atoms with Crippen LogP contribution < -0.4 is 5.84 Å². The minimum atomic E-state index is -3.75. The Hall–Kier alpha value is -0.860. The molecule has 0 radical (unpaired) electrons. The summed E-state index contributed by atoms with van der Waals surface area (Å²) in [5.74, 6) is 5.72. The summed E-state index contributed by atoms with van der Waals surface area (Å²) in [6.07, 6.45) is 5.48. The standard InChI is InChI=1S/C13H28N4O3S/c1-3-5-7-12-16(14)13(18)17(4-2)21(19,20)15-10-8-6-9-11-15/h3-12,14H2,1-2H3. The van der Waals surface area contributed by atoms with E-state index in [4.69, 9.17) is 5.84 Å². The van der Waals surface area contributed by atoms with Gasteiger partial charge in [-0.15, -0.1) is 0 Å². The second kappa shape index (κ2) is 8.55. The molecule has 7 nitrogen and oxygen atoms in total. The molecule has 0 aromatic rings. The van der Waals surface area contributed by atoms with Gasteiger partial charge in [0, 0.05) is 26.2 Å². The number of urea groups is 1. The first kappa shape index (κ1) is 18.2. The van der Waals surface area contributed by atoms with Crippen molar-refractivity contribution in [3.63, 3.8) is 0 Å². The average Bonchev–Trinajstić information content (AvgIpc) is 2.48. The number of nitrogens with zero attached hydrogens (tertiary/aromatic N) is 3. The van der Waals surface area contributed by atoms with Crippen molar-refractivity contribution in [1.29, 1.82) is 0 Å². The van der Waals surface area contributed by atoms with Crippen LogP contribution in [0.5, 0.6) is 0 Å². The number of unbranched alkanes of at least 4 members (excludes halogenated alkanes) is 2. The molecule has 1 aliphatic heterocycles. The van der Waals surface area contributed by atoms with Gasteiger partial charge in [-0.3, -0.25) is 5.01 Å². The molecule has 1 aliphatic rings. The number of hydrogen-bond acceptors (Lipinski definition) is 4. The molecule has 0 unspecified atom stereocenters. The van der Waals surface area contributed by atoms with Gasteiger partial charge in [0.15, 0.2) is 0 Å². The predicted octanol–water partition coefficient (Wildman–Crippen LogP) is 1.52. The lowest BCUT2D eigenvalue weighted by Gasteiger charge is -2.33. The van der Waals surface area contributed by atoms with Crippen molar-refractivity contribution in [1.82, 2.24) is 13.6 Å². The van der Waals surface area contributed by atoms with E-state index in [-0.39, 0.29) is 6.54 Å². The van der Waals surface area contributed by atoms with Crippen LogP contribution in [0.15, 0.2) is 0 Å². The Morgan fingerprint density at radius 1 is 1.14 bits per heavy atom. The molecular formula is C13H28N4O3S. The minimum Gasteiger partial charge on any atom is -0.261 e. The van der Waals surface area contributed by atoms with Gasteiger partial charge in [-0.2, -0.15) is 12.7 Å². The molecule has 1 heterocycles. The van der Waals surface area contributed by atoms with E-state index in [1.165, 1.54) is 4.31 Å². The summed E-state index contributed by atoms with van der Waals surface area (Å²) in [6, 6.07) is -0.640. The fourth-order valence-electron chi connectivity index (χ4n) is 2.40. The smallest absolute Gasteiger partial charge is 0.261 e. The van der Waals surface area contributed by atoms with Gasteiger partial charge in [-0.1, -0.05) is 26.2 Å². The lowest BCUT2D eigenvalue weighted by atomic mass is 10.2. The number of hydrazine groups is 1. The first-order valence-corrected chi connectivity index (χ1v) is 9.18. The van der Waals surface area contributed by atoms with Gasteiger partial charge in [-0.25, -0.2) is 14.9 Å². The molecule has 0 saturated carbocycles. The molecule has 0 bridgehead atoms. The van der Waals surface area contributed by atoms with E-state index >= 15 is 0 Å². The van der Waals surface area contributed by atoms with Crippen molar-refractivity contribution in [2.75, 3.05) is 26.2 Å². The molecule has 0 spiro atoms. The lowest BCUT2D eigenvalue weighted by molar-refractivity contribution is 0.175. The Morgan fingerprint density at radius 2 is 1.76 bits per heavy atom. The van der Waals surface area contributed by atoms with E-state index in [2.05, 4.69) is 6.92 Å². The SMILES string of the molecule is CCCCCN(N)C(=O)N(CC)S(=O)(=O)N1CCCCC1. The number of nitrogens with two attached hydrogens (primary N) is 1. The Labute approximate surface area is 128 Å². The Morgan fingerprint density at radius 3 is 2.29 bits per heavy atom. The summed E-state index contributed by atoms with van der Waals surface area (Å²) in [4.78, 5) is 12.3. The summed E-state index contributed by atoms with van der Waals surface area (Å²) in [7, 11) is -3.75. The van der Waals surface area contributed by atoms with E-state index in [1.54, 1.807) is 6.92 Å². The van der Waals surface area contributed by atoms with Gasteiger partial charge in [0.2, 0.25) is 0 Å². The van der Waals surface area contributed by atoms with Crippen molar-refractivity contribution in [3.05, 3.63) is 0 Å². The van der Waals surface area contributed by atoms with Crippen LogP contribution in [0, 0.1) is 0 Å². The average molecular weight is 320 g/mol. The molecule has 1 fully saturated rings. The topological polar surface area (TPSA) is 87.0 Å². The van der Waals surface area contributed by atoms with E-state index in [1.807, 2.05) is 0 Å². The summed E-state index contributed by atoms with van der Waals surface area (Å²) in [5.41, 5.74) is 0. The van der Waals surface area contributed by atoms with Crippen LogP contribution in [0.1, 0.15) is 52.4 Å². The molecular weight excluding hydrogens is 292 g/mol. The molecule has 1 saturated heterocycles. The molecule has 1 rings (SSSR count). The second-order valence-electron chi connectivity index (χ2n) is 5.32. The van der Waals surface area contributed by atoms with Crippen molar-refractivity contribution in [2.45, 2.75) is 52.4 Å². The van der Waals surface area contributed by atoms with E-state index < -0.39 is 16.2 Å². The highest BCUT2D eigenvalue weighted by molar-refractivity contribution is 7.87. The predicted molar refractivity (Wildman–Crippen MR) is 82.5 cm³/mol. The number of amides is 2. The summed E-state index contributed by atoms with van der Waals surface area (Å²) >= 11 is 0. The Bertz CT molecular complexity index is 421. The van der Waals surface area contributed by atoms with Crippen LogP contribution in [0.25, 0.3) is 0 Å². The van der Waals surface area contributed by atoms with Crippen molar-refractivity contribution >= 4 is 16.2 Å². The number of piperidine rings is 1. The molecule has 21 heavy (non-hydrogen) atoms. The van der Waals surface area contributed by atoms with Crippen LogP contribution in [0.2, 0.25) is 0 Å². The van der Waals surface area contributed by atoms with E-state index in [9.17, 15) is 13.2 Å². The summed E-state index contributed by atoms with van der Waals surface area (Å²) in [6.45, 7) is 5.14. The highest BCUT2D eigenvalue weighted by Gasteiger charge is 2.34. The first-order chi connectivity index (χ1) is 9.95. The third kappa shape index (κ3) is 4.82. The highest BCUT2D eigenvalue weighted by atomic mass is 32.2. The monoisotopic (exact) mass is 320 g/mol. The van der Waals surface area contributed by atoms with Gasteiger partial charge < -0.3 is 0 Å². The molecule has 2 amide bonds. The molecule has 0 aromatic heterocycles. The molecule has 0 aromatic carbocycles. The molecule has 8 heteroatoms. The van der Waals surface area contributed by atoms with Crippen LogP contribution in [0.3, 0.4) is 0 Å². The van der Waals surface area contributed by atoms with E-state index in [0.29, 0.717) is 19.6 Å². The van der Waals surface area contributed by atoms with Gasteiger partial charge in [0.05, 0.1) is 0 Å². The molecule has 0 atom stereocenters. The highest BCUT2D eigenvalue weighted by Crippen LogP contribution is 2.17. The number of carbonyl (C=O) groups is 1. The van der Waals surface area contributed by atoms with Gasteiger partial charge in [-0.05, 0) is 26.2 Å². The van der Waals surface area contributed by atoms with Gasteiger partial charge >= 0.3 is 16.2 Å². The van der Waals surface area contributed by atoms with Gasteiger partial charge in [0.1, 0.15) is 0 Å². The van der Waals surface area contributed by atoms with Crippen molar-refractivity contribution < 1.29 is 13.2 Å². The maximum Gasteiger partial charge on any atom is 0.348 e. The summed E-state index contributed by atoms with van der Waals surface area (Å²) < 4.78 is 27.3. The Kier molecular flexibility index (Phi) is 7.41. The molecule has 0 aliphatic carbocycles. The fourth-order valence-corrected chi connectivity index (χ4v) is 4.03. The molecule has 2 N–H and O–H groups in total. The summed E-state index contributed by atoms with van der Waals surface area (Å²) in [5, 5.41) is 1.01. The second-order valence-corrected chi connectivity index (χ2v) is 7.17. The molecule has 124 valence electrons. The van der Waals surface area contributed by atoms with Crippen LogP contribution >= 0.6 is 0 Å². The van der Waals surface area contributed by atoms with E-state index in [0.717, 1.165) is 47.8 Å². The number of carbonyl (C=O) groups excluding carboxylic acids is 1. The zero-order valence-electron chi connectivity index (χ0n) is 13.1. The van der Waals surface area contributed by atoms with Crippen LogP contribution in [-0.2, 0) is 10.2 Å². The lowest BCUT2D eigenvalue weighted by Crippen LogP contribution is -2.54. The fraction of sp³-hybridized carbons (Fsp3) is 0.923. The zero-order valence-corrected chi connectivity index (χ0v) is 13.9. The maximum absolute atomic E-state index is 12.5. The number of hydrogen-bond donors (Lipinski definition) is 1.